The van der Waals surface area contributed by atoms with E-state index >= 15 is 0 Å². The topological polar surface area (TPSA) is 9.23 Å². The van der Waals surface area contributed by atoms with E-state index in [9.17, 15) is 0 Å². The summed E-state index contributed by atoms with van der Waals surface area (Å²) in [5, 5.41) is 2.67. The summed E-state index contributed by atoms with van der Waals surface area (Å²) in [5.74, 6) is 3.24. The predicted molar refractivity (Wildman–Crippen MR) is 85.7 cm³/mol. The van der Waals surface area contributed by atoms with Gasteiger partial charge in [0.15, 0.2) is 0 Å². The zero-order valence-electron chi connectivity index (χ0n) is 11.4. The second-order valence-electron chi connectivity index (χ2n) is 5.29. The van der Waals surface area contributed by atoms with E-state index in [0.717, 1.165) is 12.8 Å². The van der Waals surface area contributed by atoms with Gasteiger partial charge in [-0.05, 0) is 23.2 Å². The molecule has 1 saturated carbocycles. The van der Waals surface area contributed by atoms with Crippen LogP contribution in [-0.2, 0) is 4.43 Å². The first-order valence-electron chi connectivity index (χ1n) is 7.08. The maximum atomic E-state index is 6.43. The smallest absolute Gasteiger partial charge is 0.240 e. The van der Waals surface area contributed by atoms with Crippen molar-refractivity contribution >= 4 is 19.4 Å². The summed E-state index contributed by atoms with van der Waals surface area (Å²) in [6.07, 6.45) is 7.82. The van der Waals surface area contributed by atoms with Gasteiger partial charge in [0.1, 0.15) is 0 Å². The maximum Gasteiger partial charge on any atom is 0.240 e. The summed E-state index contributed by atoms with van der Waals surface area (Å²) in [6, 6.07) is 21.2. The minimum absolute atomic E-state index is 0.341. The lowest BCUT2D eigenvalue weighted by molar-refractivity contribution is 0.0932. The average Bonchev–Trinajstić information content (AvgIpc) is 2.48. The van der Waals surface area contributed by atoms with Gasteiger partial charge in [-0.15, -0.1) is 12.3 Å². The second kappa shape index (κ2) is 6.09. The Balaban J connectivity index is 1.80. The van der Waals surface area contributed by atoms with Gasteiger partial charge in [0, 0.05) is 12.0 Å². The van der Waals surface area contributed by atoms with Crippen LogP contribution in [-0.4, -0.2) is 15.1 Å². The zero-order chi connectivity index (χ0) is 13.8. The van der Waals surface area contributed by atoms with Gasteiger partial charge in [0.05, 0.1) is 0 Å². The molecule has 2 heteroatoms. The molecule has 0 N–H and O–H groups in total. The van der Waals surface area contributed by atoms with Crippen molar-refractivity contribution in [2.24, 2.45) is 5.92 Å². The molecule has 1 nitrogen and oxygen atoms in total. The Hall–Kier alpha value is -1.82. The van der Waals surface area contributed by atoms with E-state index in [1.54, 1.807) is 0 Å². The quantitative estimate of drug-likeness (QED) is 0.613. The third-order valence-electron chi connectivity index (χ3n) is 3.86. The standard InChI is InChI=1S/C18H18OSi/c1-2-15-13-16(14-15)19-20(17-9-5-3-6-10-17)18-11-7-4-8-12-18/h1,3-12,15-16,20H,13-14H2. The lowest BCUT2D eigenvalue weighted by atomic mass is 9.83. The fourth-order valence-corrected chi connectivity index (χ4v) is 5.06. The van der Waals surface area contributed by atoms with Crippen LogP contribution in [0.5, 0.6) is 0 Å². The van der Waals surface area contributed by atoms with Crippen LogP contribution in [0.15, 0.2) is 60.7 Å². The van der Waals surface area contributed by atoms with Gasteiger partial charge in [-0.3, -0.25) is 0 Å². The summed E-state index contributed by atoms with van der Waals surface area (Å²) in [6.45, 7) is 0. The molecule has 0 amide bonds. The van der Waals surface area contributed by atoms with Crippen molar-refractivity contribution in [1.82, 2.24) is 0 Å². The molecule has 0 spiro atoms. The van der Waals surface area contributed by atoms with E-state index in [1.165, 1.54) is 10.4 Å². The first-order chi connectivity index (χ1) is 9.86. The predicted octanol–water partition coefficient (Wildman–Crippen LogP) is 1.95. The van der Waals surface area contributed by atoms with E-state index in [1.807, 2.05) is 0 Å². The normalized spacial score (nSPS) is 21.2. The average molecular weight is 278 g/mol. The van der Waals surface area contributed by atoms with E-state index in [-0.39, 0.29) is 0 Å². The highest BCUT2D eigenvalue weighted by Gasteiger charge is 2.31. The molecule has 3 rings (SSSR count). The minimum Gasteiger partial charge on any atom is -0.408 e. The van der Waals surface area contributed by atoms with E-state index in [2.05, 4.69) is 66.6 Å². The van der Waals surface area contributed by atoms with Gasteiger partial charge in [-0.2, -0.15) is 0 Å². The van der Waals surface area contributed by atoms with Gasteiger partial charge in [0.2, 0.25) is 9.04 Å². The van der Waals surface area contributed by atoms with Crippen LogP contribution in [0.3, 0.4) is 0 Å². The Kier molecular flexibility index (Phi) is 4.01. The molecule has 1 aliphatic carbocycles. The second-order valence-corrected chi connectivity index (χ2v) is 7.66. The van der Waals surface area contributed by atoms with Crippen LogP contribution < -0.4 is 10.4 Å². The lowest BCUT2D eigenvalue weighted by Crippen LogP contribution is -2.49. The van der Waals surface area contributed by atoms with Crippen molar-refractivity contribution in [1.29, 1.82) is 0 Å². The number of hydrogen-bond donors (Lipinski definition) is 0. The maximum absolute atomic E-state index is 6.43. The molecule has 0 aliphatic heterocycles. The van der Waals surface area contributed by atoms with Crippen molar-refractivity contribution in [3.8, 4) is 12.3 Å². The molecular formula is C18H18OSi. The van der Waals surface area contributed by atoms with Gasteiger partial charge in [-0.25, -0.2) is 0 Å². The third-order valence-corrected chi connectivity index (χ3v) is 6.50. The molecule has 1 aliphatic rings. The highest BCUT2D eigenvalue weighted by atomic mass is 28.3. The number of terminal acetylenes is 1. The highest BCUT2D eigenvalue weighted by molar-refractivity contribution is 6.80. The summed E-state index contributed by atoms with van der Waals surface area (Å²) >= 11 is 0. The summed E-state index contributed by atoms with van der Waals surface area (Å²) < 4.78 is 6.43. The largest absolute Gasteiger partial charge is 0.408 e. The van der Waals surface area contributed by atoms with Crippen molar-refractivity contribution < 1.29 is 4.43 Å². The van der Waals surface area contributed by atoms with Crippen molar-refractivity contribution in [2.75, 3.05) is 0 Å². The Morgan fingerprint density at radius 1 is 0.900 bits per heavy atom. The molecule has 100 valence electrons. The Morgan fingerprint density at radius 3 is 1.85 bits per heavy atom. The highest BCUT2D eigenvalue weighted by Crippen LogP contribution is 2.29. The summed E-state index contributed by atoms with van der Waals surface area (Å²) in [4.78, 5) is 0. The Bertz CT molecular complexity index is 542. The zero-order valence-corrected chi connectivity index (χ0v) is 12.6. The van der Waals surface area contributed by atoms with Gasteiger partial charge >= 0.3 is 0 Å². The van der Waals surface area contributed by atoms with Gasteiger partial charge in [-0.1, -0.05) is 60.7 Å². The first-order valence-corrected chi connectivity index (χ1v) is 8.71. The van der Waals surface area contributed by atoms with E-state index in [4.69, 9.17) is 10.8 Å². The summed E-state index contributed by atoms with van der Waals surface area (Å²) in [5.41, 5.74) is 0. The molecule has 1 fully saturated rings. The molecule has 0 atom stereocenters. The molecular weight excluding hydrogens is 260 g/mol. The van der Waals surface area contributed by atoms with Crippen molar-refractivity contribution in [3.63, 3.8) is 0 Å². The molecule has 0 bridgehead atoms. The number of hydrogen-bond acceptors (Lipinski definition) is 1. The minimum atomic E-state index is -1.58. The summed E-state index contributed by atoms with van der Waals surface area (Å²) in [7, 11) is -1.58. The SMILES string of the molecule is C#CC1CC(O[SiH](c2ccccc2)c2ccccc2)C1. The molecule has 0 unspecified atom stereocenters. The fourth-order valence-electron chi connectivity index (χ4n) is 2.61. The van der Waals surface area contributed by atoms with E-state index in [0.29, 0.717) is 12.0 Å². The van der Waals surface area contributed by atoms with Crippen molar-refractivity contribution in [2.45, 2.75) is 18.9 Å². The Labute approximate surface area is 122 Å². The van der Waals surface area contributed by atoms with Gasteiger partial charge in [0.25, 0.3) is 0 Å². The lowest BCUT2D eigenvalue weighted by Gasteiger charge is -2.35. The fraction of sp³-hybridized carbons (Fsp3) is 0.222. The monoisotopic (exact) mass is 278 g/mol. The molecule has 2 aromatic rings. The molecule has 0 saturated heterocycles. The van der Waals surface area contributed by atoms with Crippen LogP contribution in [0.25, 0.3) is 0 Å². The van der Waals surface area contributed by atoms with Crippen LogP contribution in [0.1, 0.15) is 12.8 Å². The van der Waals surface area contributed by atoms with Crippen LogP contribution in [0.4, 0.5) is 0 Å². The van der Waals surface area contributed by atoms with Gasteiger partial charge < -0.3 is 4.43 Å². The van der Waals surface area contributed by atoms with E-state index < -0.39 is 9.04 Å². The van der Waals surface area contributed by atoms with Crippen LogP contribution >= 0.6 is 0 Å². The van der Waals surface area contributed by atoms with Crippen LogP contribution in [0.2, 0.25) is 0 Å². The molecule has 0 aromatic heterocycles. The molecule has 0 radical (unpaired) electrons. The number of benzene rings is 2. The molecule has 2 aromatic carbocycles. The molecule has 20 heavy (non-hydrogen) atoms. The van der Waals surface area contributed by atoms with Crippen molar-refractivity contribution in [3.05, 3.63) is 60.7 Å². The first kappa shape index (κ1) is 13.2. The Morgan fingerprint density at radius 2 is 1.40 bits per heavy atom. The molecule has 0 heterocycles. The third kappa shape index (κ3) is 2.85. The number of rotatable bonds is 4. The van der Waals surface area contributed by atoms with Crippen LogP contribution in [0, 0.1) is 18.3 Å².